The minimum atomic E-state index is -0.916. The van der Waals surface area contributed by atoms with Crippen LogP contribution in [0.2, 0.25) is 0 Å². The predicted octanol–water partition coefficient (Wildman–Crippen LogP) is 2.25. The van der Waals surface area contributed by atoms with Crippen LogP contribution in [0.3, 0.4) is 0 Å². The third-order valence-corrected chi connectivity index (χ3v) is 4.18. The summed E-state index contributed by atoms with van der Waals surface area (Å²) in [5, 5.41) is 2.75. The van der Waals surface area contributed by atoms with E-state index in [1.807, 2.05) is 26.0 Å². The summed E-state index contributed by atoms with van der Waals surface area (Å²) in [6, 6.07) is 5.55. The van der Waals surface area contributed by atoms with Crippen LogP contribution >= 0.6 is 15.9 Å². The van der Waals surface area contributed by atoms with Gasteiger partial charge in [0.05, 0.1) is 0 Å². The number of amides is 1. The Bertz CT molecular complexity index is 428. The van der Waals surface area contributed by atoms with Gasteiger partial charge in [0.25, 0.3) is 5.91 Å². The van der Waals surface area contributed by atoms with Gasteiger partial charge in [0.15, 0.2) is 0 Å². The average Bonchev–Trinajstić information content (AvgIpc) is 2.23. The van der Waals surface area contributed by atoms with Gasteiger partial charge < -0.3 is 5.32 Å². The number of nitrogens with one attached hydrogen (secondary N) is 1. The molecule has 94 valence electrons. The lowest BCUT2D eigenvalue weighted by atomic mass is 10.1. The zero-order chi connectivity index (χ0) is 13.0. The maximum Gasteiger partial charge on any atom is 0.251 e. The van der Waals surface area contributed by atoms with E-state index in [-0.39, 0.29) is 11.2 Å². The summed E-state index contributed by atoms with van der Waals surface area (Å²) in [5.74, 6) is -0.133. The Hall–Kier alpha value is -0.680. The summed E-state index contributed by atoms with van der Waals surface area (Å²) in [4.78, 5) is 11.8. The van der Waals surface area contributed by atoms with Crippen molar-refractivity contribution >= 4 is 32.6 Å². The van der Waals surface area contributed by atoms with E-state index in [9.17, 15) is 9.00 Å². The lowest BCUT2D eigenvalue weighted by molar-refractivity contribution is 0.0954. The molecular formula is C12H16BrNO2S. The number of hydrogen-bond acceptors (Lipinski definition) is 2. The van der Waals surface area contributed by atoms with Crippen molar-refractivity contribution in [1.29, 1.82) is 0 Å². The molecule has 2 atom stereocenters. The second kappa shape index (κ2) is 6.31. The van der Waals surface area contributed by atoms with Crippen molar-refractivity contribution in [3.05, 3.63) is 33.8 Å². The summed E-state index contributed by atoms with van der Waals surface area (Å²) in [6.07, 6.45) is 1.64. The van der Waals surface area contributed by atoms with Crippen LogP contribution in [0.5, 0.6) is 0 Å². The molecule has 17 heavy (non-hydrogen) atoms. The van der Waals surface area contributed by atoms with E-state index in [2.05, 4.69) is 21.2 Å². The number of hydrogen-bond donors (Lipinski definition) is 1. The number of halogens is 1. The molecule has 0 saturated carbocycles. The van der Waals surface area contributed by atoms with Crippen molar-refractivity contribution in [3.63, 3.8) is 0 Å². The van der Waals surface area contributed by atoms with Crippen LogP contribution in [0.4, 0.5) is 0 Å². The van der Waals surface area contributed by atoms with Crippen molar-refractivity contribution in [1.82, 2.24) is 5.32 Å². The molecule has 1 aromatic carbocycles. The fourth-order valence-corrected chi connectivity index (χ4v) is 2.25. The lowest BCUT2D eigenvalue weighted by Gasteiger charge is -2.10. The third-order valence-electron chi connectivity index (χ3n) is 2.42. The summed E-state index contributed by atoms with van der Waals surface area (Å²) in [5.41, 5.74) is 1.64. The fraction of sp³-hybridized carbons (Fsp3) is 0.417. The Labute approximate surface area is 113 Å². The summed E-state index contributed by atoms with van der Waals surface area (Å²) in [7, 11) is -0.916. The quantitative estimate of drug-likeness (QED) is 0.925. The van der Waals surface area contributed by atoms with E-state index < -0.39 is 10.8 Å². The van der Waals surface area contributed by atoms with Gasteiger partial charge in [-0.2, -0.15) is 0 Å². The van der Waals surface area contributed by atoms with Gasteiger partial charge in [0.1, 0.15) is 0 Å². The third kappa shape index (κ3) is 4.60. The zero-order valence-corrected chi connectivity index (χ0v) is 12.5. The Balaban J connectivity index is 2.67. The molecular weight excluding hydrogens is 302 g/mol. The van der Waals surface area contributed by atoms with Gasteiger partial charge in [0.2, 0.25) is 0 Å². The molecule has 3 nitrogen and oxygen atoms in total. The first-order valence-corrected chi connectivity index (χ1v) is 7.69. The van der Waals surface area contributed by atoms with E-state index in [4.69, 9.17) is 0 Å². The molecule has 0 spiro atoms. The molecule has 0 unspecified atom stereocenters. The zero-order valence-electron chi connectivity index (χ0n) is 10.1. The maximum atomic E-state index is 11.8. The van der Waals surface area contributed by atoms with Crippen LogP contribution in [-0.4, -0.2) is 28.2 Å². The van der Waals surface area contributed by atoms with Gasteiger partial charge in [-0.05, 0) is 37.6 Å². The van der Waals surface area contributed by atoms with Crippen molar-refractivity contribution < 1.29 is 9.00 Å². The summed E-state index contributed by atoms with van der Waals surface area (Å²) in [6.45, 7) is 4.21. The van der Waals surface area contributed by atoms with Crippen LogP contribution in [0, 0.1) is 6.92 Å². The normalized spacial score (nSPS) is 14.1. The van der Waals surface area contributed by atoms with Crippen molar-refractivity contribution in [3.8, 4) is 0 Å². The summed E-state index contributed by atoms with van der Waals surface area (Å²) >= 11 is 3.36. The highest BCUT2D eigenvalue weighted by Gasteiger charge is 2.10. The van der Waals surface area contributed by atoms with Gasteiger partial charge in [0, 0.05) is 38.9 Å². The van der Waals surface area contributed by atoms with Crippen LogP contribution in [0.25, 0.3) is 0 Å². The first-order chi connectivity index (χ1) is 7.90. The van der Waals surface area contributed by atoms with Gasteiger partial charge in [-0.25, -0.2) is 0 Å². The molecule has 0 aromatic heterocycles. The van der Waals surface area contributed by atoms with E-state index in [1.165, 1.54) is 0 Å². The number of aryl methyl sites for hydroxylation is 1. The van der Waals surface area contributed by atoms with Crippen molar-refractivity contribution in [2.45, 2.75) is 19.1 Å². The molecule has 0 bridgehead atoms. The smallest absolute Gasteiger partial charge is 0.251 e. The molecule has 0 saturated heterocycles. The van der Waals surface area contributed by atoms with Gasteiger partial charge in [-0.1, -0.05) is 15.9 Å². The van der Waals surface area contributed by atoms with Crippen LogP contribution in [0.1, 0.15) is 22.8 Å². The highest BCUT2D eigenvalue weighted by Crippen LogP contribution is 2.15. The van der Waals surface area contributed by atoms with Crippen LogP contribution in [0.15, 0.2) is 22.7 Å². The Morgan fingerprint density at radius 1 is 1.47 bits per heavy atom. The number of benzene rings is 1. The van der Waals surface area contributed by atoms with Crippen LogP contribution < -0.4 is 5.32 Å². The molecule has 1 rings (SSSR count). The molecule has 1 aromatic rings. The molecule has 0 radical (unpaired) electrons. The lowest BCUT2D eigenvalue weighted by Crippen LogP contribution is -2.32. The van der Waals surface area contributed by atoms with E-state index in [0.29, 0.717) is 12.1 Å². The van der Waals surface area contributed by atoms with Gasteiger partial charge in [-0.15, -0.1) is 0 Å². The second-order valence-corrected chi connectivity index (χ2v) is 6.75. The minimum absolute atomic E-state index is 0.0350. The van der Waals surface area contributed by atoms with E-state index >= 15 is 0 Å². The molecule has 0 aliphatic heterocycles. The van der Waals surface area contributed by atoms with Crippen molar-refractivity contribution in [2.75, 3.05) is 12.8 Å². The molecule has 0 aliphatic carbocycles. The number of carbonyl (C=O) groups is 1. The number of carbonyl (C=O) groups excluding carboxylic acids is 1. The Morgan fingerprint density at radius 2 is 2.12 bits per heavy atom. The Kier molecular flexibility index (Phi) is 5.33. The highest BCUT2D eigenvalue weighted by molar-refractivity contribution is 9.10. The monoisotopic (exact) mass is 317 g/mol. The average molecular weight is 318 g/mol. The molecule has 1 amide bonds. The fourth-order valence-electron chi connectivity index (χ4n) is 1.32. The second-order valence-electron chi connectivity index (χ2n) is 4.04. The van der Waals surface area contributed by atoms with E-state index in [1.54, 1.807) is 12.3 Å². The predicted molar refractivity (Wildman–Crippen MR) is 74.7 cm³/mol. The topological polar surface area (TPSA) is 46.2 Å². The standard InChI is InChI=1S/C12H16BrNO2S/c1-8-4-10(6-11(13)5-8)12(15)14-7-9(2)17(3)16/h4-6,9H,7H2,1-3H3,(H,14,15)/t9-,17+/m0/s1. The molecule has 0 fully saturated rings. The molecule has 0 heterocycles. The first-order valence-electron chi connectivity index (χ1n) is 5.27. The molecule has 1 N–H and O–H groups in total. The Morgan fingerprint density at radius 3 is 2.65 bits per heavy atom. The highest BCUT2D eigenvalue weighted by atomic mass is 79.9. The number of rotatable bonds is 4. The maximum absolute atomic E-state index is 11.8. The van der Waals surface area contributed by atoms with Gasteiger partial charge in [-0.3, -0.25) is 9.00 Å². The first kappa shape index (κ1) is 14.4. The van der Waals surface area contributed by atoms with Crippen LogP contribution in [-0.2, 0) is 10.8 Å². The van der Waals surface area contributed by atoms with Gasteiger partial charge >= 0.3 is 0 Å². The minimum Gasteiger partial charge on any atom is -0.351 e. The van der Waals surface area contributed by atoms with Crippen molar-refractivity contribution in [2.24, 2.45) is 0 Å². The summed E-state index contributed by atoms with van der Waals surface area (Å²) < 4.78 is 12.0. The molecule has 5 heteroatoms. The van der Waals surface area contributed by atoms with E-state index in [0.717, 1.165) is 10.0 Å². The largest absolute Gasteiger partial charge is 0.351 e. The SMILES string of the molecule is Cc1cc(Br)cc(C(=O)NC[C@H](C)[S@@](C)=O)c1. The molecule has 0 aliphatic rings.